The van der Waals surface area contributed by atoms with Crippen molar-refractivity contribution in [1.82, 2.24) is 9.55 Å². The molecule has 7 nitrogen and oxygen atoms in total. The van der Waals surface area contributed by atoms with Crippen molar-refractivity contribution >= 4 is 63.1 Å². The van der Waals surface area contributed by atoms with Crippen molar-refractivity contribution in [2.45, 2.75) is 0 Å². The predicted octanol–water partition coefficient (Wildman–Crippen LogP) is 5.32. The largest absolute Gasteiger partial charge is 0.433 e. The first kappa shape index (κ1) is 19.3. The van der Waals surface area contributed by atoms with Crippen LogP contribution in [0.4, 0.5) is 5.88 Å². The molecule has 144 valence electrons. The van der Waals surface area contributed by atoms with E-state index in [1.54, 1.807) is 42.5 Å². The zero-order chi connectivity index (χ0) is 20.5. The Labute approximate surface area is 182 Å². The van der Waals surface area contributed by atoms with Crippen molar-refractivity contribution in [1.29, 1.82) is 0 Å². The van der Waals surface area contributed by atoms with Gasteiger partial charge in [-0.3, -0.25) is 19.5 Å². The van der Waals surface area contributed by atoms with Gasteiger partial charge in [0, 0.05) is 8.59 Å². The fourth-order valence-corrected chi connectivity index (χ4v) is 3.43. The van der Waals surface area contributed by atoms with E-state index >= 15 is 0 Å². The summed E-state index contributed by atoms with van der Waals surface area (Å²) in [5.41, 5.74) is 0.907. The number of fused-ring (bicyclic) bond motifs is 1. The van der Waals surface area contributed by atoms with E-state index < -0.39 is 4.92 Å². The summed E-state index contributed by atoms with van der Waals surface area (Å²) in [6.07, 6.45) is 3.11. The highest BCUT2D eigenvalue weighted by Crippen LogP contribution is 2.21. The molecule has 2 aromatic heterocycles. The minimum absolute atomic E-state index is 0.235. The van der Waals surface area contributed by atoms with Crippen molar-refractivity contribution in [2.75, 3.05) is 0 Å². The molecule has 0 atom stereocenters. The summed E-state index contributed by atoms with van der Waals surface area (Å²) in [6, 6.07) is 15.0. The monoisotopic (exact) mass is 519 g/mol. The van der Waals surface area contributed by atoms with Crippen molar-refractivity contribution in [3.8, 4) is 5.69 Å². The van der Waals surface area contributed by atoms with Crippen LogP contribution in [0.5, 0.6) is 0 Å². The average molecular weight is 520 g/mol. The lowest BCUT2D eigenvalue weighted by Crippen LogP contribution is -2.22. The van der Waals surface area contributed by atoms with Gasteiger partial charge in [0.2, 0.25) is 0 Å². The van der Waals surface area contributed by atoms with Crippen LogP contribution in [0.1, 0.15) is 11.6 Å². The zero-order valence-corrected chi connectivity index (χ0v) is 17.5. The quantitative estimate of drug-likeness (QED) is 0.207. The van der Waals surface area contributed by atoms with E-state index in [1.807, 2.05) is 6.07 Å². The number of halogens is 2. The molecule has 0 unspecified atom stereocenters. The molecule has 0 spiro atoms. The zero-order valence-electron chi connectivity index (χ0n) is 14.6. The van der Waals surface area contributed by atoms with Gasteiger partial charge in [0.15, 0.2) is 0 Å². The van der Waals surface area contributed by atoms with Crippen molar-refractivity contribution in [2.24, 2.45) is 0 Å². The fraction of sp³-hybridized carbons (Fsp3) is 0. The van der Waals surface area contributed by atoms with Gasteiger partial charge in [-0.2, -0.15) is 0 Å². The van der Waals surface area contributed by atoms with Crippen LogP contribution in [-0.4, -0.2) is 14.5 Å². The Morgan fingerprint density at radius 3 is 2.55 bits per heavy atom. The molecule has 0 fully saturated rings. The molecule has 0 aliphatic heterocycles. The Hall–Kier alpha value is -2.98. The molecule has 0 amide bonds. The van der Waals surface area contributed by atoms with Crippen LogP contribution < -0.4 is 5.56 Å². The summed E-state index contributed by atoms with van der Waals surface area (Å²) in [4.78, 5) is 28.0. The van der Waals surface area contributed by atoms with E-state index in [-0.39, 0.29) is 17.2 Å². The number of nitrogens with zero attached hydrogens (tertiary/aromatic N) is 3. The summed E-state index contributed by atoms with van der Waals surface area (Å²) in [6.45, 7) is 0. The lowest BCUT2D eigenvalue weighted by atomic mass is 10.2. The number of hydrogen-bond acceptors (Lipinski definition) is 5. The Morgan fingerprint density at radius 2 is 1.86 bits per heavy atom. The summed E-state index contributed by atoms with van der Waals surface area (Å²) in [5.74, 6) is 0.266. The minimum atomic E-state index is -0.614. The third kappa shape index (κ3) is 3.94. The van der Waals surface area contributed by atoms with Crippen molar-refractivity contribution in [3.63, 3.8) is 0 Å². The van der Waals surface area contributed by atoms with Crippen LogP contribution in [0.15, 0.2) is 63.8 Å². The number of furan rings is 1. The first-order chi connectivity index (χ1) is 13.9. The van der Waals surface area contributed by atoms with Crippen LogP contribution in [0.3, 0.4) is 0 Å². The lowest BCUT2D eigenvalue weighted by molar-refractivity contribution is -0.402. The maximum absolute atomic E-state index is 13.2. The topological polar surface area (TPSA) is 91.2 Å². The van der Waals surface area contributed by atoms with E-state index in [9.17, 15) is 14.9 Å². The third-order valence-electron chi connectivity index (χ3n) is 4.13. The van der Waals surface area contributed by atoms with Gasteiger partial charge in [0.05, 0.1) is 22.7 Å². The van der Waals surface area contributed by atoms with E-state index in [0.29, 0.717) is 27.4 Å². The van der Waals surface area contributed by atoms with Gasteiger partial charge in [-0.05, 0) is 83.3 Å². The second kappa shape index (κ2) is 7.80. The van der Waals surface area contributed by atoms with Crippen LogP contribution in [0.25, 0.3) is 28.7 Å². The molecule has 0 N–H and O–H groups in total. The molecule has 0 bridgehead atoms. The smallest absolute Gasteiger partial charge is 0.401 e. The van der Waals surface area contributed by atoms with E-state index in [1.165, 1.54) is 22.8 Å². The number of hydrogen-bond donors (Lipinski definition) is 0. The molecule has 0 aliphatic carbocycles. The van der Waals surface area contributed by atoms with Gasteiger partial charge in [0.25, 0.3) is 5.56 Å². The lowest BCUT2D eigenvalue weighted by Gasteiger charge is -2.11. The van der Waals surface area contributed by atoms with Gasteiger partial charge in [-0.15, -0.1) is 0 Å². The summed E-state index contributed by atoms with van der Waals surface area (Å²) in [7, 11) is 0. The highest BCUT2D eigenvalue weighted by molar-refractivity contribution is 14.1. The van der Waals surface area contributed by atoms with Crippen LogP contribution in [0, 0.1) is 13.7 Å². The first-order valence-corrected chi connectivity index (χ1v) is 9.78. The van der Waals surface area contributed by atoms with Crippen molar-refractivity contribution < 1.29 is 9.34 Å². The Morgan fingerprint density at radius 1 is 1.10 bits per heavy atom. The van der Waals surface area contributed by atoms with Crippen LogP contribution >= 0.6 is 34.2 Å². The average Bonchev–Trinajstić information content (AvgIpc) is 3.17. The maximum atomic E-state index is 13.2. The Bertz CT molecular complexity index is 1330. The van der Waals surface area contributed by atoms with Gasteiger partial charge in [-0.25, -0.2) is 4.98 Å². The predicted molar refractivity (Wildman–Crippen MR) is 119 cm³/mol. The molecule has 2 heterocycles. The second-order valence-corrected chi connectivity index (χ2v) is 7.70. The number of benzene rings is 2. The summed E-state index contributed by atoms with van der Waals surface area (Å²) in [5, 5.41) is 11.8. The van der Waals surface area contributed by atoms with Gasteiger partial charge < -0.3 is 4.42 Å². The van der Waals surface area contributed by atoms with Crippen LogP contribution in [-0.2, 0) is 0 Å². The van der Waals surface area contributed by atoms with Crippen molar-refractivity contribution in [3.05, 3.63) is 95.2 Å². The normalized spacial score (nSPS) is 11.4. The minimum Gasteiger partial charge on any atom is -0.401 e. The Balaban J connectivity index is 1.91. The summed E-state index contributed by atoms with van der Waals surface area (Å²) < 4.78 is 7.52. The highest BCUT2D eigenvalue weighted by atomic mass is 127. The fourth-order valence-electron chi connectivity index (χ4n) is 2.81. The molecule has 0 saturated heterocycles. The highest BCUT2D eigenvalue weighted by Gasteiger charge is 2.13. The molecule has 0 aliphatic rings. The number of rotatable bonds is 4. The molecule has 4 rings (SSSR count). The molecule has 29 heavy (non-hydrogen) atoms. The first-order valence-electron chi connectivity index (χ1n) is 8.33. The van der Waals surface area contributed by atoms with Gasteiger partial charge in [-0.1, -0.05) is 11.6 Å². The van der Waals surface area contributed by atoms with Gasteiger partial charge >= 0.3 is 5.88 Å². The van der Waals surface area contributed by atoms with Gasteiger partial charge in [0.1, 0.15) is 16.5 Å². The maximum Gasteiger partial charge on any atom is 0.433 e. The SMILES string of the molecule is O=c1c2cc(I)ccc2nc(C=Cc2ccc([N+](=O)[O-])o2)n1-c1ccc(Cl)cc1. The number of nitro groups is 1. The molecule has 0 saturated carbocycles. The summed E-state index contributed by atoms with van der Waals surface area (Å²) >= 11 is 8.12. The van der Waals surface area contributed by atoms with E-state index in [4.69, 9.17) is 16.0 Å². The third-order valence-corrected chi connectivity index (χ3v) is 5.05. The number of aromatic nitrogens is 2. The Kier molecular flexibility index (Phi) is 5.20. The molecule has 4 aromatic rings. The molecular formula is C20H11ClIN3O4. The second-order valence-electron chi connectivity index (χ2n) is 6.01. The molecule has 0 radical (unpaired) electrons. The van der Waals surface area contributed by atoms with E-state index in [2.05, 4.69) is 27.6 Å². The standard InChI is InChI=1S/C20H11ClIN3O4/c21-12-1-4-14(5-2-12)24-18(9-6-15-7-10-19(29-15)25(27)28)23-17-8-3-13(22)11-16(17)20(24)26/h1-11H. The molecule has 9 heteroatoms. The van der Waals surface area contributed by atoms with E-state index in [0.717, 1.165) is 3.57 Å². The molecular weight excluding hydrogens is 509 g/mol. The molecule has 2 aromatic carbocycles. The van der Waals surface area contributed by atoms with Crippen LogP contribution in [0.2, 0.25) is 5.02 Å².